The smallest absolute Gasteiger partial charge is 0.200 e. The van der Waals surface area contributed by atoms with E-state index in [9.17, 15) is 52.7 Å². The van der Waals surface area contributed by atoms with Gasteiger partial charge < -0.3 is 0 Å². The van der Waals surface area contributed by atoms with E-state index in [1.165, 1.54) is 31.4 Å². The van der Waals surface area contributed by atoms with Gasteiger partial charge in [0, 0.05) is 16.7 Å². The standard InChI is InChI=1S/C30H39S.C24BF20/c1-28(2,3)22-16-10-13-19-25(22)31(26-20-14-11-17-23(26)29(4,5)6)27-21-15-12-18-24(27)30(7,8)9;26-5-1(6(27)14(35)21(42)13(5)34)25(2-7(28)15(36)22(43)16(37)8(2)29,3-9(30)17(38)23(44)18(39)10(3)31)4-11(32)19(40)24(45)20(41)12(4)33/h10-21H,1-9H3;/q+1;-1. The quantitative estimate of drug-likeness (QED) is 0.0491. The van der Waals surface area contributed by atoms with Crippen molar-refractivity contribution in [3.63, 3.8) is 0 Å². The Balaban J connectivity index is 0.000000264. The first-order chi connectivity index (χ1) is 35.0. The Bertz CT molecular complexity index is 2930. The molecule has 7 aromatic rings. The molecular formula is C54H39BF20S. The molecule has 0 saturated carbocycles. The number of benzene rings is 7. The van der Waals surface area contributed by atoms with E-state index in [4.69, 9.17) is 0 Å². The van der Waals surface area contributed by atoms with Crippen LogP contribution >= 0.6 is 0 Å². The zero-order valence-electron chi connectivity index (χ0n) is 41.0. The van der Waals surface area contributed by atoms with Crippen molar-refractivity contribution in [3.8, 4) is 0 Å². The van der Waals surface area contributed by atoms with E-state index < -0.39 is 144 Å². The third-order valence-electron chi connectivity index (χ3n) is 12.5. The zero-order chi connectivity index (χ0) is 57.4. The fraction of sp³-hybridized carbons (Fsp3) is 0.222. The monoisotopic (exact) mass is 1110 g/mol. The summed E-state index contributed by atoms with van der Waals surface area (Å²) in [4.78, 5) is 4.34. The van der Waals surface area contributed by atoms with Crippen molar-refractivity contribution in [2.45, 2.75) is 93.2 Å². The van der Waals surface area contributed by atoms with Gasteiger partial charge in [0.05, 0.1) is 0 Å². The summed E-state index contributed by atoms with van der Waals surface area (Å²) in [5, 5.41) is 0. The second-order valence-electron chi connectivity index (χ2n) is 20.3. The Hall–Kier alpha value is -6.45. The molecule has 0 unspecified atom stereocenters. The van der Waals surface area contributed by atoms with Gasteiger partial charge in [0.1, 0.15) is 63.6 Å². The Morgan fingerprint density at radius 2 is 0.382 bits per heavy atom. The minimum absolute atomic E-state index is 0.0786. The molecule has 0 heterocycles. The predicted octanol–water partition coefficient (Wildman–Crippen LogP) is 14.5. The highest BCUT2D eigenvalue weighted by molar-refractivity contribution is 7.97. The summed E-state index contributed by atoms with van der Waals surface area (Å²) in [6, 6.07) is 27.3. The van der Waals surface area contributed by atoms with Crippen molar-refractivity contribution < 1.29 is 87.8 Å². The molecule has 0 saturated heterocycles. The first-order valence-electron chi connectivity index (χ1n) is 22.3. The van der Waals surface area contributed by atoms with Gasteiger partial charge in [-0.05, 0) is 34.4 Å². The topological polar surface area (TPSA) is 0 Å². The van der Waals surface area contributed by atoms with E-state index in [2.05, 4.69) is 135 Å². The summed E-state index contributed by atoms with van der Waals surface area (Å²) in [5.74, 6) is -71.4. The van der Waals surface area contributed by atoms with E-state index in [0.29, 0.717) is 0 Å². The lowest BCUT2D eigenvalue weighted by Gasteiger charge is -2.44. The van der Waals surface area contributed by atoms with Crippen molar-refractivity contribution in [1.29, 1.82) is 0 Å². The summed E-state index contributed by atoms with van der Waals surface area (Å²) in [6.07, 6.45) is -7.22. The van der Waals surface area contributed by atoms with Crippen LogP contribution in [0.1, 0.15) is 79.0 Å². The van der Waals surface area contributed by atoms with Crippen LogP contribution in [0.5, 0.6) is 0 Å². The summed E-state index contributed by atoms with van der Waals surface area (Å²) < 4.78 is 294. The van der Waals surface area contributed by atoms with Gasteiger partial charge in [0.15, 0.2) is 84.5 Å². The Labute approximate surface area is 424 Å². The fourth-order valence-corrected chi connectivity index (χ4v) is 12.2. The molecule has 0 aliphatic rings. The van der Waals surface area contributed by atoms with E-state index >= 15 is 35.1 Å². The van der Waals surface area contributed by atoms with Crippen molar-refractivity contribution >= 4 is 38.9 Å². The summed E-state index contributed by atoms with van der Waals surface area (Å²) >= 11 is 0. The molecule has 404 valence electrons. The first-order valence-corrected chi connectivity index (χ1v) is 23.5. The van der Waals surface area contributed by atoms with Gasteiger partial charge >= 0.3 is 0 Å². The molecule has 7 rings (SSSR count). The van der Waals surface area contributed by atoms with Gasteiger partial charge in [-0.25, -0.2) is 87.8 Å². The van der Waals surface area contributed by atoms with Crippen LogP contribution in [0.4, 0.5) is 87.8 Å². The zero-order valence-corrected chi connectivity index (χ0v) is 41.8. The molecule has 0 bridgehead atoms. The van der Waals surface area contributed by atoms with Gasteiger partial charge in [0.25, 0.3) is 0 Å². The van der Waals surface area contributed by atoms with E-state index in [0.717, 1.165) is 0 Å². The molecule has 0 spiro atoms. The number of rotatable bonds is 7. The molecule has 76 heavy (non-hydrogen) atoms. The van der Waals surface area contributed by atoms with Gasteiger partial charge in [-0.3, -0.25) is 0 Å². The van der Waals surface area contributed by atoms with Gasteiger partial charge in [0.2, 0.25) is 0 Å². The maximum atomic E-state index is 15.4. The fourth-order valence-electron chi connectivity index (χ4n) is 9.02. The Morgan fingerprint density at radius 3 is 0.539 bits per heavy atom. The molecule has 0 amide bonds. The molecule has 0 N–H and O–H groups in total. The van der Waals surface area contributed by atoms with Crippen LogP contribution < -0.4 is 21.9 Å². The highest BCUT2D eigenvalue weighted by atomic mass is 32.2. The van der Waals surface area contributed by atoms with Crippen LogP contribution in [0.2, 0.25) is 0 Å². The summed E-state index contributed by atoms with van der Waals surface area (Å²) in [5.41, 5.74) is -9.79. The summed E-state index contributed by atoms with van der Waals surface area (Å²) in [7, 11) is -0.189. The van der Waals surface area contributed by atoms with E-state index in [1.807, 2.05) is 0 Å². The molecule has 0 aromatic heterocycles. The van der Waals surface area contributed by atoms with Crippen molar-refractivity contribution in [2.75, 3.05) is 0 Å². The molecule has 0 nitrogen and oxygen atoms in total. The van der Waals surface area contributed by atoms with E-state index in [1.54, 1.807) is 0 Å². The lowest BCUT2D eigenvalue weighted by atomic mass is 9.12. The van der Waals surface area contributed by atoms with Gasteiger partial charge in [-0.15, -0.1) is 21.9 Å². The third kappa shape index (κ3) is 9.60. The van der Waals surface area contributed by atoms with Crippen molar-refractivity contribution in [3.05, 3.63) is 206 Å². The normalized spacial score (nSPS) is 12.4. The van der Waals surface area contributed by atoms with Crippen LogP contribution in [0, 0.1) is 116 Å². The third-order valence-corrected chi connectivity index (χ3v) is 14.8. The van der Waals surface area contributed by atoms with Gasteiger partial charge in [-0.1, -0.05) is 117 Å². The van der Waals surface area contributed by atoms with E-state index in [-0.39, 0.29) is 27.1 Å². The van der Waals surface area contributed by atoms with Crippen molar-refractivity contribution in [1.82, 2.24) is 0 Å². The Morgan fingerprint density at radius 1 is 0.237 bits per heavy atom. The summed E-state index contributed by atoms with van der Waals surface area (Å²) in [6.45, 7) is 21.0. The second-order valence-corrected chi connectivity index (χ2v) is 22.3. The molecule has 0 radical (unpaired) electrons. The van der Waals surface area contributed by atoms with Crippen LogP contribution in [-0.4, -0.2) is 6.15 Å². The highest BCUT2D eigenvalue weighted by Crippen LogP contribution is 2.44. The minimum atomic E-state index is -7.22. The lowest BCUT2D eigenvalue weighted by Crippen LogP contribution is -2.81. The SMILES string of the molecule is CC(C)(C)c1ccccc1[S+](c1ccccc1C(C)(C)C)c1ccccc1C(C)(C)C.Fc1c(F)c(F)c([B-](c2c(F)c(F)c(F)c(F)c2F)(c2c(F)c(F)c(F)c(F)c2F)c2c(F)c(F)c(F)c(F)c2F)c(F)c1F. The van der Waals surface area contributed by atoms with Crippen molar-refractivity contribution in [2.24, 2.45) is 0 Å². The molecule has 22 heteroatoms. The largest absolute Gasteiger partial charge is 0.207 e. The number of hydrogen-bond acceptors (Lipinski definition) is 0. The minimum Gasteiger partial charge on any atom is -0.207 e. The molecule has 0 fully saturated rings. The maximum absolute atomic E-state index is 15.4. The predicted molar refractivity (Wildman–Crippen MR) is 247 cm³/mol. The molecule has 7 aromatic carbocycles. The highest BCUT2D eigenvalue weighted by Gasteiger charge is 2.52. The van der Waals surface area contributed by atoms with Gasteiger partial charge in [-0.2, -0.15) is 0 Å². The average molecular weight is 1110 g/mol. The average Bonchev–Trinajstić information content (AvgIpc) is 3.36. The number of halogens is 20. The molecule has 0 aliphatic heterocycles. The Kier molecular flexibility index (Phi) is 16.1. The van der Waals surface area contributed by atoms with Crippen LogP contribution in [-0.2, 0) is 27.1 Å². The maximum Gasteiger partial charge on any atom is 0.200 e. The molecule has 0 atom stereocenters. The second kappa shape index (κ2) is 20.8. The number of hydrogen-bond donors (Lipinski definition) is 0. The molecule has 0 aliphatic carbocycles. The van der Waals surface area contributed by atoms with Crippen LogP contribution in [0.25, 0.3) is 0 Å². The molecular weight excluding hydrogens is 1070 g/mol. The van der Waals surface area contributed by atoms with Crippen LogP contribution in [0.3, 0.4) is 0 Å². The van der Waals surface area contributed by atoms with Crippen LogP contribution in [0.15, 0.2) is 87.5 Å². The first kappa shape index (κ1) is 58.8. The lowest BCUT2D eigenvalue weighted by molar-refractivity contribution is 0.378.